The molecular weight excluding hydrogens is 353 g/mol. The lowest BCUT2D eigenvalue weighted by Crippen LogP contribution is -2.29. The SMILES string of the molecule is O=C(COC(=O)[C@H](O)c1ccccc1)NCc1ccc(Cl)cc1Cl. The lowest BCUT2D eigenvalue weighted by molar-refractivity contribution is -0.157. The van der Waals surface area contributed by atoms with E-state index in [0.29, 0.717) is 21.2 Å². The van der Waals surface area contributed by atoms with Gasteiger partial charge in [0.05, 0.1) is 0 Å². The number of carbonyl (C=O) groups is 2. The average molecular weight is 368 g/mol. The third-order valence-electron chi connectivity index (χ3n) is 3.18. The Labute approximate surface area is 149 Å². The van der Waals surface area contributed by atoms with E-state index in [1.807, 2.05) is 0 Å². The lowest BCUT2D eigenvalue weighted by atomic mass is 10.1. The second-order valence-corrected chi connectivity index (χ2v) is 5.78. The van der Waals surface area contributed by atoms with E-state index in [0.717, 1.165) is 0 Å². The Morgan fingerprint density at radius 2 is 1.83 bits per heavy atom. The summed E-state index contributed by atoms with van der Waals surface area (Å²) in [6.45, 7) is -0.318. The summed E-state index contributed by atoms with van der Waals surface area (Å²) in [5.74, 6) is -1.39. The van der Waals surface area contributed by atoms with Crippen LogP contribution in [-0.2, 0) is 20.9 Å². The second-order valence-electron chi connectivity index (χ2n) is 4.93. The zero-order valence-corrected chi connectivity index (χ0v) is 14.1. The number of hydrogen-bond acceptors (Lipinski definition) is 4. The highest BCUT2D eigenvalue weighted by atomic mass is 35.5. The predicted octanol–water partition coefficient (Wildman–Crippen LogP) is 2.89. The fourth-order valence-corrected chi connectivity index (χ4v) is 2.37. The van der Waals surface area contributed by atoms with E-state index in [2.05, 4.69) is 5.32 Å². The lowest BCUT2D eigenvalue weighted by Gasteiger charge is -2.11. The summed E-state index contributed by atoms with van der Waals surface area (Å²) in [6, 6.07) is 13.2. The van der Waals surface area contributed by atoms with Crippen LogP contribution in [0.5, 0.6) is 0 Å². The molecule has 0 aliphatic rings. The monoisotopic (exact) mass is 367 g/mol. The minimum Gasteiger partial charge on any atom is -0.453 e. The topological polar surface area (TPSA) is 75.6 Å². The molecule has 5 nitrogen and oxygen atoms in total. The van der Waals surface area contributed by atoms with E-state index in [1.165, 1.54) is 0 Å². The maximum atomic E-state index is 11.7. The molecule has 0 radical (unpaired) electrons. The Bertz CT molecular complexity index is 722. The minimum atomic E-state index is -1.43. The first kappa shape index (κ1) is 18.3. The summed E-state index contributed by atoms with van der Waals surface area (Å²) in [5.41, 5.74) is 1.08. The quantitative estimate of drug-likeness (QED) is 0.769. The molecule has 0 unspecified atom stereocenters. The molecule has 2 aromatic carbocycles. The van der Waals surface area contributed by atoms with Crippen LogP contribution in [0.4, 0.5) is 0 Å². The molecule has 0 aromatic heterocycles. The van der Waals surface area contributed by atoms with E-state index in [1.54, 1.807) is 48.5 Å². The number of hydrogen-bond donors (Lipinski definition) is 2. The summed E-state index contributed by atoms with van der Waals surface area (Å²) in [4.78, 5) is 23.4. The maximum absolute atomic E-state index is 11.7. The van der Waals surface area contributed by atoms with Gasteiger partial charge < -0.3 is 15.2 Å². The van der Waals surface area contributed by atoms with Gasteiger partial charge in [-0.1, -0.05) is 59.6 Å². The van der Waals surface area contributed by atoms with Crippen LogP contribution in [-0.4, -0.2) is 23.6 Å². The predicted molar refractivity (Wildman–Crippen MR) is 90.7 cm³/mol. The van der Waals surface area contributed by atoms with Gasteiger partial charge in [-0.25, -0.2) is 4.79 Å². The summed E-state index contributed by atoms with van der Waals surface area (Å²) < 4.78 is 4.80. The largest absolute Gasteiger partial charge is 0.453 e. The Balaban J connectivity index is 1.79. The van der Waals surface area contributed by atoms with Crippen LogP contribution in [0.1, 0.15) is 17.2 Å². The third-order valence-corrected chi connectivity index (χ3v) is 3.76. The van der Waals surface area contributed by atoms with Crippen LogP contribution in [0.15, 0.2) is 48.5 Å². The Hall–Kier alpha value is -2.08. The molecule has 0 aliphatic heterocycles. The smallest absolute Gasteiger partial charge is 0.340 e. The standard InChI is InChI=1S/C17H15Cl2NO4/c18-13-7-6-12(14(19)8-13)9-20-15(21)10-24-17(23)16(22)11-4-2-1-3-5-11/h1-8,16,22H,9-10H2,(H,20,21)/t16-/m1/s1. The molecule has 1 amide bonds. The first-order chi connectivity index (χ1) is 11.5. The fraction of sp³-hybridized carbons (Fsp3) is 0.176. The van der Waals surface area contributed by atoms with Crippen LogP contribution < -0.4 is 5.32 Å². The van der Waals surface area contributed by atoms with Crippen molar-refractivity contribution in [2.45, 2.75) is 12.6 Å². The van der Waals surface area contributed by atoms with Crippen molar-refractivity contribution < 1.29 is 19.4 Å². The van der Waals surface area contributed by atoms with Gasteiger partial charge in [0.15, 0.2) is 12.7 Å². The van der Waals surface area contributed by atoms with Crippen LogP contribution in [0.25, 0.3) is 0 Å². The van der Waals surface area contributed by atoms with Crippen molar-refractivity contribution in [3.05, 3.63) is 69.7 Å². The van der Waals surface area contributed by atoms with Crippen molar-refractivity contribution >= 4 is 35.1 Å². The van der Waals surface area contributed by atoms with Gasteiger partial charge in [-0.05, 0) is 23.3 Å². The van der Waals surface area contributed by atoms with Gasteiger partial charge in [0.1, 0.15) is 0 Å². The fourth-order valence-electron chi connectivity index (χ4n) is 1.90. The van der Waals surface area contributed by atoms with Gasteiger partial charge in [-0.3, -0.25) is 4.79 Å². The number of benzene rings is 2. The number of halogens is 2. The molecule has 7 heteroatoms. The molecule has 0 saturated carbocycles. The molecule has 0 heterocycles. The van der Waals surface area contributed by atoms with Crippen molar-refractivity contribution in [1.29, 1.82) is 0 Å². The van der Waals surface area contributed by atoms with Crippen LogP contribution in [0.2, 0.25) is 10.0 Å². The highest BCUT2D eigenvalue weighted by Gasteiger charge is 2.19. The van der Waals surface area contributed by atoms with Gasteiger partial charge in [0, 0.05) is 16.6 Å². The van der Waals surface area contributed by atoms with Crippen molar-refractivity contribution in [3.8, 4) is 0 Å². The molecule has 0 fully saturated rings. The number of rotatable bonds is 6. The van der Waals surface area contributed by atoms with E-state index < -0.39 is 24.6 Å². The van der Waals surface area contributed by atoms with Crippen molar-refractivity contribution in [2.24, 2.45) is 0 Å². The molecule has 0 saturated heterocycles. The number of aliphatic hydroxyl groups is 1. The average Bonchev–Trinajstić information content (AvgIpc) is 2.59. The first-order valence-corrected chi connectivity index (χ1v) is 7.83. The van der Waals surface area contributed by atoms with Gasteiger partial charge in [0.2, 0.25) is 0 Å². The Morgan fingerprint density at radius 1 is 1.12 bits per heavy atom. The molecule has 2 aromatic rings. The van der Waals surface area contributed by atoms with Crippen molar-refractivity contribution in [1.82, 2.24) is 5.32 Å². The molecule has 2 rings (SSSR count). The van der Waals surface area contributed by atoms with E-state index in [-0.39, 0.29) is 6.54 Å². The number of esters is 1. The van der Waals surface area contributed by atoms with E-state index in [4.69, 9.17) is 27.9 Å². The number of amides is 1. The number of nitrogens with one attached hydrogen (secondary N) is 1. The zero-order chi connectivity index (χ0) is 17.5. The van der Waals surface area contributed by atoms with Crippen LogP contribution >= 0.6 is 23.2 Å². The molecular formula is C17H15Cl2NO4. The van der Waals surface area contributed by atoms with E-state index >= 15 is 0 Å². The molecule has 126 valence electrons. The number of aliphatic hydroxyl groups excluding tert-OH is 1. The van der Waals surface area contributed by atoms with Crippen LogP contribution in [0.3, 0.4) is 0 Å². The molecule has 0 bridgehead atoms. The van der Waals surface area contributed by atoms with Crippen molar-refractivity contribution in [3.63, 3.8) is 0 Å². The first-order valence-electron chi connectivity index (χ1n) is 7.07. The molecule has 24 heavy (non-hydrogen) atoms. The van der Waals surface area contributed by atoms with Gasteiger partial charge in [-0.2, -0.15) is 0 Å². The van der Waals surface area contributed by atoms with Crippen molar-refractivity contribution in [2.75, 3.05) is 6.61 Å². The summed E-state index contributed by atoms with van der Waals surface area (Å²) in [5, 5.41) is 13.3. The summed E-state index contributed by atoms with van der Waals surface area (Å²) in [7, 11) is 0. The van der Waals surface area contributed by atoms with Crippen LogP contribution in [0, 0.1) is 0 Å². The second kappa shape index (κ2) is 8.68. The normalized spacial score (nSPS) is 11.6. The number of ether oxygens (including phenoxy) is 1. The summed E-state index contributed by atoms with van der Waals surface area (Å²) in [6.07, 6.45) is -1.43. The summed E-state index contributed by atoms with van der Waals surface area (Å²) >= 11 is 11.8. The maximum Gasteiger partial charge on any atom is 0.340 e. The Kier molecular flexibility index (Phi) is 6.61. The number of carbonyl (C=O) groups excluding carboxylic acids is 2. The molecule has 0 spiro atoms. The van der Waals surface area contributed by atoms with Gasteiger partial charge >= 0.3 is 5.97 Å². The highest BCUT2D eigenvalue weighted by molar-refractivity contribution is 6.35. The molecule has 1 atom stereocenters. The Morgan fingerprint density at radius 3 is 2.50 bits per heavy atom. The van der Waals surface area contributed by atoms with Gasteiger partial charge in [0.25, 0.3) is 5.91 Å². The highest BCUT2D eigenvalue weighted by Crippen LogP contribution is 2.20. The van der Waals surface area contributed by atoms with E-state index in [9.17, 15) is 14.7 Å². The minimum absolute atomic E-state index is 0.174. The molecule has 2 N–H and O–H groups in total. The van der Waals surface area contributed by atoms with Gasteiger partial charge in [-0.15, -0.1) is 0 Å². The zero-order valence-electron chi connectivity index (χ0n) is 12.5. The third kappa shape index (κ3) is 5.23. The molecule has 0 aliphatic carbocycles.